The Morgan fingerprint density at radius 1 is 0.963 bits per heavy atom. The number of sulfonamides is 1. The second-order valence-corrected chi connectivity index (χ2v) is 7.87. The molecule has 136 valence electrons. The Morgan fingerprint density at radius 2 is 1.67 bits per heavy atom. The van der Waals surface area contributed by atoms with Crippen molar-refractivity contribution in [2.45, 2.75) is 4.90 Å². The number of nitrogens with one attached hydrogen (secondary N) is 1. The van der Waals surface area contributed by atoms with Gasteiger partial charge in [0.15, 0.2) is 11.5 Å². The molecule has 0 bridgehead atoms. The third-order valence-corrected chi connectivity index (χ3v) is 5.84. The third-order valence-electron chi connectivity index (χ3n) is 4.45. The van der Waals surface area contributed by atoms with Gasteiger partial charge in [-0.1, -0.05) is 36.9 Å². The number of ether oxygens (including phenoxy) is 1. The van der Waals surface area contributed by atoms with Crippen LogP contribution in [0.1, 0.15) is 5.56 Å². The minimum atomic E-state index is -3.69. The van der Waals surface area contributed by atoms with Gasteiger partial charge in [-0.05, 0) is 42.0 Å². The van der Waals surface area contributed by atoms with Crippen LogP contribution < -0.4 is 14.4 Å². The van der Waals surface area contributed by atoms with E-state index in [0.717, 1.165) is 22.7 Å². The van der Waals surface area contributed by atoms with E-state index in [1.807, 2.05) is 42.3 Å². The van der Waals surface area contributed by atoms with Crippen molar-refractivity contribution in [2.24, 2.45) is 0 Å². The van der Waals surface area contributed by atoms with Crippen molar-refractivity contribution in [3.05, 3.63) is 78.9 Å². The maximum Gasteiger partial charge on any atom is 0.261 e. The van der Waals surface area contributed by atoms with E-state index in [1.54, 1.807) is 42.5 Å². The van der Waals surface area contributed by atoms with E-state index >= 15 is 0 Å². The fourth-order valence-corrected chi connectivity index (χ4v) is 4.05. The van der Waals surface area contributed by atoms with Crippen molar-refractivity contribution in [2.75, 3.05) is 16.7 Å². The summed E-state index contributed by atoms with van der Waals surface area (Å²) in [5.41, 5.74) is 3.12. The second-order valence-electron chi connectivity index (χ2n) is 6.19. The first kappa shape index (κ1) is 17.2. The fourth-order valence-electron chi connectivity index (χ4n) is 3.00. The van der Waals surface area contributed by atoms with Crippen LogP contribution in [0.4, 0.5) is 17.1 Å². The Hall–Kier alpha value is -3.25. The Labute approximate surface area is 158 Å². The van der Waals surface area contributed by atoms with E-state index < -0.39 is 10.0 Å². The number of nitrogens with zero attached hydrogens (tertiary/aromatic N) is 1. The third kappa shape index (κ3) is 3.15. The SMILES string of the molecule is C=Cc1ccc(S(=O)(=O)Nc2ccc3c(c2)Oc2ccccc2N3C)cc1. The van der Waals surface area contributed by atoms with Gasteiger partial charge >= 0.3 is 0 Å². The lowest BCUT2D eigenvalue weighted by molar-refractivity contribution is 0.476. The zero-order valence-corrected chi connectivity index (χ0v) is 15.5. The molecule has 1 heterocycles. The van der Waals surface area contributed by atoms with Gasteiger partial charge in [0.25, 0.3) is 10.0 Å². The normalized spacial score (nSPS) is 12.6. The van der Waals surface area contributed by atoms with Gasteiger partial charge in [-0.25, -0.2) is 8.42 Å². The Bertz CT molecular complexity index is 1120. The number of hydrogen-bond donors (Lipinski definition) is 1. The summed E-state index contributed by atoms with van der Waals surface area (Å²) < 4.78 is 33.8. The number of hydrogen-bond acceptors (Lipinski definition) is 4. The zero-order valence-electron chi connectivity index (χ0n) is 14.7. The fraction of sp³-hybridized carbons (Fsp3) is 0.0476. The van der Waals surface area contributed by atoms with Crippen molar-refractivity contribution in [3.63, 3.8) is 0 Å². The molecular weight excluding hydrogens is 360 g/mol. The quantitative estimate of drug-likeness (QED) is 0.694. The van der Waals surface area contributed by atoms with E-state index in [9.17, 15) is 8.42 Å². The van der Waals surface area contributed by atoms with E-state index in [2.05, 4.69) is 11.3 Å². The molecule has 0 saturated heterocycles. The zero-order chi connectivity index (χ0) is 19.0. The van der Waals surface area contributed by atoms with Crippen molar-refractivity contribution < 1.29 is 13.2 Å². The van der Waals surface area contributed by atoms with Gasteiger partial charge in [-0.2, -0.15) is 0 Å². The number of para-hydroxylation sites is 2. The highest BCUT2D eigenvalue weighted by Crippen LogP contribution is 2.46. The number of rotatable bonds is 4. The van der Waals surface area contributed by atoms with Crippen LogP contribution >= 0.6 is 0 Å². The largest absolute Gasteiger partial charge is 0.453 e. The molecule has 5 nitrogen and oxygen atoms in total. The van der Waals surface area contributed by atoms with Crippen LogP contribution in [0.3, 0.4) is 0 Å². The van der Waals surface area contributed by atoms with Crippen molar-refractivity contribution in [1.82, 2.24) is 0 Å². The monoisotopic (exact) mass is 378 g/mol. The predicted octanol–water partition coefficient (Wildman–Crippen LogP) is 5.00. The molecule has 1 N–H and O–H groups in total. The highest BCUT2D eigenvalue weighted by Gasteiger charge is 2.22. The van der Waals surface area contributed by atoms with Gasteiger partial charge < -0.3 is 9.64 Å². The van der Waals surface area contributed by atoms with Gasteiger partial charge in [0, 0.05) is 13.1 Å². The van der Waals surface area contributed by atoms with E-state index in [-0.39, 0.29) is 4.90 Å². The summed E-state index contributed by atoms with van der Waals surface area (Å²) in [5, 5.41) is 0. The molecule has 0 spiro atoms. The molecule has 0 saturated carbocycles. The summed E-state index contributed by atoms with van der Waals surface area (Å²) in [6.07, 6.45) is 1.67. The van der Waals surface area contributed by atoms with E-state index in [0.29, 0.717) is 11.4 Å². The number of benzene rings is 3. The van der Waals surface area contributed by atoms with Gasteiger partial charge in [-0.3, -0.25) is 4.72 Å². The number of fused-ring (bicyclic) bond motifs is 2. The summed E-state index contributed by atoms with van der Waals surface area (Å²) in [5.74, 6) is 1.32. The molecule has 1 aliphatic heterocycles. The molecule has 0 unspecified atom stereocenters. The summed E-state index contributed by atoms with van der Waals surface area (Å²) in [6, 6.07) is 19.5. The smallest absolute Gasteiger partial charge is 0.261 e. The summed E-state index contributed by atoms with van der Waals surface area (Å²) in [7, 11) is -1.74. The van der Waals surface area contributed by atoms with Crippen LogP contribution in [-0.2, 0) is 10.0 Å². The molecule has 0 amide bonds. The second kappa shape index (κ2) is 6.48. The first-order valence-electron chi connectivity index (χ1n) is 8.38. The number of anilines is 3. The molecule has 0 radical (unpaired) electrons. The lowest BCUT2D eigenvalue weighted by atomic mass is 10.1. The lowest BCUT2D eigenvalue weighted by Gasteiger charge is -2.29. The minimum absolute atomic E-state index is 0.189. The van der Waals surface area contributed by atoms with Crippen LogP contribution in [0.25, 0.3) is 6.08 Å². The van der Waals surface area contributed by atoms with Crippen LogP contribution in [0.2, 0.25) is 0 Å². The topological polar surface area (TPSA) is 58.6 Å². The molecular formula is C21H18N2O3S. The summed E-state index contributed by atoms with van der Waals surface area (Å²) in [4.78, 5) is 2.20. The van der Waals surface area contributed by atoms with Crippen molar-refractivity contribution in [3.8, 4) is 11.5 Å². The van der Waals surface area contributed by atoms with Crippen molar-refractivity contribution in [1.29, 1.82) is 0 Å². The first-order valence-corrected chi connectivity index (χ1v) is 9.86. The van der Waals surface area contributed by atoms with Gasteiger partial charge in [0.1, 0.15) is 0 Å². The van der Waals surface area contributed by atoms with Crippen LogP contribution in [0, 0.1) is 0 Å². The molecule has 1 aliphatic rings. The molecule has 3 aromatic carbocycles. The summed E-state index contributed by atoms with van der Waals surface area (Å²) >= 11 is 0. The molecule has 0 aromatic heterocycles. The molecule has 4 rings (SSSR count). The standard InChI is InChI=1S/C21H18N2O3S/c1-3-15-8-11-17(12-9-15)27(24,25)22-16-10-13-19-21(14-16)26-20-7-5-4-6-18(20)23(19)2/h3-14,22H,1H2,2H3. The maximum atomic E-state index is 12.6. The lowest BCUT2D eigenvalue weighted by Crippen LogP contribution is -2.16. The average molecular weight is 378 g/mol. The highest BCUT2D eigenvalue weighted by molar-refractivity contribution is 7.92. The highest BCUT2D eigenvalue weighted by atomic mass is 32.2. The molecule has 6 heteroatoms. The van der Waals surface area contributed by atoms with Crippen molar-refractivity contribution >= 4 is 33.2 Å². The van der Waals surface area contributed by atoms with Crippen LogP contribution in [0.15, 0.2) is 78.2 Å². The average Bonchev–Trinajstić information content (AvgIpc) is 2.68. The first-order chi connectivity index (χ1) is 13.0. The minimum Gasteiger partial charge on any atom is -0.453 e. The predicted molar refractivity (Wildman–Crippen MR) is 108 cm³/mol. The maximum absolute atomic E-state index is 12.6. The summed E-state index contributed by atoms with van der Waals surface area (Å²) in [6.45, 7) is 3.67. The van der Waals surface area contributed by atoms with E-state index in [1.165, 1.54) is 0 Å². The van der Waals surface area contributed by atoms with Gasteiger partial charge in [0.2, 0.25) is 0 Å². The Balaban J connectivity index is 1.64. The molecule has 3 aromatic rings. The molecule has 0 aliphatic carbocycles. The van der Waals surface area contributed by atoms with Crippen LogP contribution in [-0.4, -0.2) is 15.5 Å². The van der Waals surface area contributed by atoms with Crippen LogP contribution in [0.5, 0.6) is 11.5 Å². The molecule has 27 heavy (non-hydrogen) atoms. The molecule has 0 fully saturated rings. The van der Waals surface area contributed by atoms with E-state index in [4.69, 9.17) is 4.74 Å². The Kier molecular flexibility index (Phi) is 4.12. The van der Waals surface area contributed by atoms with Gasteiger partial charge in [-0.15, -0.1) is 0 Å². The molecule has 0 atom stereocenters. The van der Waals surface area contributed by atoms with Gasteiger partial charge in [0.05, 0.1) is 22.0 Å². The Morgan fingerprint density at radius 3 is 2.41 bits per heavy atom.